The topological polar surface area (TPSA) is 113 Å². The molecule has 4 heterocycles. The predicted molar refractivity (Wildman–Crippen MR) is 100 cm³/mol. The second kappa shape index (κ2) is 7.31. The van der Waals surface area contributed by atoms with Crippen LogP contribution in [0.25, 0.3) is 22.4 Å². The van der Waals surface area contributed by atoms with Crippen LogP contribution in [-0.4, -0.2) is 57.0 Å². The standard InChI is InChI=1S/C17H18N6O3S/c1-26-17(25)23-6-3-10(4-7-23)15(24)22-16-21-12(8-27-16)13-11-2-5-18-14(11)20-9-19-13/h2,5,8-10H,3-4,6-7H2,1H3,(H,18,19,20)(H,21,22,24). The molecule has 1 saturated heterocycles. The first-order valence-corrected chi connectivity index (χ1v) is 9.41. The number of piperidine rings is 1. The maximum Gasteiger partial charge on any atom is 0.409 e. The van der Waals surface area contributed by atoms with Crippen molar-refractivity contribution in [3.63, 3.8) is 0 Å². The number of rotatable bonds is 3. The largest absolute Gasteiger partial charge is 0.453 e. The first kappa shape index (κ1) is 17.4. The molecule has 0 saturated carbocycles. The van der Waals surface area contributed by atoms with Gasteiger partial charge in [0.15, 0.2) is 5.13 Å². The van der Waals surface area contributed by atoms with Gasteiger partial charge in [0.1, 0.15) is 23.4 Å². The lowest BCUT2D eigenvalue weighted by Crippen LogP contribution is -2.41. The van der Waals surface area contributed by atoms with E-state index in [4.69, 9.17) is 4.74 Å². The molecule has 0 unspecified atom stereocenters. The number of nitrogens with zero attached hydrogens (tertiary/aromatic N) is 4. The Morgan fingerprint density at radius 1 is 1.33 bits per heavy atom. The summed E-state index contributed by atoms with van der Waals surface area (Å²) < 4.78 is 4.72. The van der Waals surface area contributed by atoms with Crippen molar-refractivity contribution in [3.05, 3.63) is 24.0 Å². The first-order chi connectivity index (χ1) is 13.2. The highest BCUT2D eigenvalue weighted by atomic mass is 32.1. The van der Waals surface area contributed by atoms with Gasteiger partial charge < -0.3 is 19.9 Å². The summed E-state index contributed by atoms with van der Waals surface area (Å²) in [6.07, 6.45) is 4.16. The highest BCUT2D eigenvalue weighted by Gasteiger charge is 2.28. The average Bonchev–Trinajstić information content (AvgIpc) is 3.36. The van der Waals surface area contributed by atoms with E-state index >= 15 is 0 Å². The fourth-order valence-electron chi connectivity index (χ4n) is 3.18. The molecule has 2 amide bonds. The number of fused-ring (bicyclic) bond motifs is 1. The molecule has 1 aliphatic heterocycles. The number of aromatic amines is 1. The molecule has 27 heavy (non-hydrogen) atoms. The van der Waals surface area contributed by atoms with Crippen LogP contribution in [-0.2, 0) is 9.53 Å². The number of thiazole rings is 1. The number of aromatic nitrogens is 4. The van der Waals surface area contributed by atoms with Gasteiger partial charge in [-0.15, -0.1) is 11.3 Å². The highest BCUT2D eigenvalue weighted by molar-refractivity contribution is 7.14. The average molecular weight is 386 g/mol. The zero-order chi connectivity index (χ0) is 18.8. The minimum atomic E-state index is -0.348. The lowest BCUT2D eigenvalue weighted by molar-refractivity contribution is -0.121. The van der Waals surface area contributed by atoms with Gasteiger partial charge in [0.25, 0.3) is 0 Å². The normalized spacial score (nSPS) is 15.1. The minimum Gasteiger partial charge on any atom is -0.453 e. The molecule has 3 aromatic heterocycles. The van der Waals surface area contributed by atoms with E-state index in [0.717, 1.165) is 16.7 Å². The quantitative estimate of drug-likeness (QED) is 0.715. The lowest BCUT2D eigenvalue weighted by Gasteiger charge is -2.29. The third-order valence-electron chi connectivity index (χ3n) is 4.63. The Labute approximate surface area is 158 Å². The first-order valence-electron chi connectivity index (χ1n) is 8.53. The molecule has 1 aliphatic rings. The summed E-state index contributed by atoms with van der Waals surface area (Å²) in [5, 5.41) is 6.17. The van der Waals surface area contributed by atoms with Crippen LogP contribution < -0.4 is 5.32 Å². The van der Waals surface area contributed by atoms with Crippen LogP contribution in [0.3, 0.4) is 0 Å². The Morgan fingerprint density at radius 3 is 2.93 bits per heavy atom. The number of H-pyrrole nitrogens is 1. The molecule has 0 aliphatic carbocycles. The number of hydrogen-bond donors (Lipinski definition) is 2. The molecular formula is C17H18N6O3S. The van der Waals surface area contributed by atoms with Gasteiger partial charge in [0.05, 0.1) is 7.11 Å². The number of ether oxygens (including phenoxy) is 1. The highest BCUT2D eigenvalue weighted by Crippen LogP contribution is 2.29. The molecule has 9 nitrogen and oxygen atoms in total. The second-order valence-corrected chi connectivity index (χ2v) is 7.08. The van der Waals surface area contributed by atoms with Crippen LogP contribution in [0, 0.1) is 5.92 Å². The summed E-state index contributed by atoms with van der Waals surface area (Å²) in [5.74, 6) is -0.219. The third-order valence-corrected chi connectivity index (χ3v) is 5.39. The van der Waals surface area contributed by atoms with Crippen LogP contribution in [0.15, 0.2) is 24.0 Å². The Hall–Kier alpha value is -3.01. The van der Waals surface area contributed by atoms with Crippen molar-refractivity contribution in [2.24, 2.45) is 5.92 Å². The minimum absolute atomic E-state index is 0.0742. The van der Waals surface area contributed by atoms with Gasteiger partial charge in [-0.1, -0.05) is 0 Å². The summed E-state index contributed by atoms with van der Waals surface area (Å²) in [6, 6.07) is 1.90. The third kappa shape index (κ3) is 3.47. The molecule has 0 bridgehead atoms. The van der Waals surface area contributed by atoms with E-state index in [1.807, 2.05) is 11.4 Å². The molecule has 0 aromatic carbocycles. The van der Waals surface area contributed by atoms with Crippen LogP contribution in [0.4, 0.5) is 9.93 Å². The Morgan fingerprint density at radius 2 is 2.15 bits per heavy atom. The molecule has 0 spiro atoms. The van der Waals surface area contributed by atoms with Gasteiger partial charge >= 0.3 is 6.09 Å². The van der Waals surface area contributed by atoms with Gasteiger partial charge in [-0.05, 0) is 18.9 Å². The van der Waals surface area contributed by atoms with Crippen molar-refractivity contribution >= 4 is 39.5 Å². The van der Waals surface area contributed by atoms with Crippen LogP contribution in [0.2, 0.25) is 0 Å². The van der Waals surface area contributed by atoms with Crippen molar-refractivity contribution < 1.29 is 14.3 Å². The van der Waals surface area contributed by atoms with E-state index in [0.29, 0.717) is 36.8 Å². The molecule has 140 valence electrons. The SMILES string of the molecule is COC(=O)N1CCC(C(=O)Nc2nc(-c3ncnc4[nH]ccc34)cs2)CC1. The maximum atomic E-state index is 12.5. The zero-order valence-electron chi connectivity index (χ0n) is 14.6. The summed E-state index contributed by atoms with van der Waals surface area (Å²) in [6.45, 7) is 1.03. The molecule has 4 rings (SSSR count). The lowest BCUT2D eigenvalue weighted by atomic mass is 9.96. The fraction of sp³-hybridized carbons (Fsp3) is 0.353. The van der Waals surface area contributed by atoms with Gasteiger partial charge in [-0.25, -0.2) is 19.7 Å². The van der Waals surface area contributed by atoms with Crippen molar-refractivity contribution in [2.45, 2.75) is 12.8 Å². The van der Waals surface area contributed by atoms with Crippen molar-refractivity contribution in [3.8, 4) is 11.4 Å². The smallest absolute Gasteiger partial charge is 0.409 e. The Bertz CT molecular complexity index is 976. The summed E-state index contributed by atoms with van der Waals surface area (Å²) in [7, 11) is 1.36. The number of likely N-dealkylation sites (tertiary alicyclic amines) is 1. The van der Waals surface area contributed by atoms with E-state index in [1.165, 1.54) is 24.8 Å². The van der Waals surface area contributed by atoms with Crippen molar-refractivity contribution in [1.29, 1.82) is 0 Å². The number of carbonyl (C=O) groups is 2. The number of hydrogen-bond acceptors (Lipinski definition) is 7. The molecule has 1 fully saturated rings. The number of methoxy groups -OCH3 is 1. The van der Waals surface area contributed by atoms with Crippen molar-refractivity contribution in [2.75, 3.05) is 25.5 Å². The number of nitrogens with one attached hydrogen (secondary N) is 2. The van der Waals surface area contributed by atoms with E-state index in [-0.39, 0.29) is 17.9 Å². The summed E-state index contributed by atoms with van der Waals surface area (Å²) in [5.41, 5.74) is 2.17. The van der Waals surface area contributed by atoms with E-state index in [2.05, 4.69) is 25.3 Å². The van der Waals surface area contributed by atoms with Gasteiger partial charge in [-0.2, -0.15) is 0 Å². The summed E-state index contributed by atoms with van der Waals surface area (Å²) >= 11 is 1.36. The second-order valence-electron chi connectivity index (χ2n) is 6.22. The number of carbonyl (C=O) groups excluding carboxylic acids is 2. The Kier molecular flexibility index (Phi) is 4.71. The molecule has 2 N–H and O–H groups in total. The van der Waals surface area contributed by atoms with E-state index in [9.17, 15) is 9.59 Å². The van der Waals surface area contributed by atoms with Gasteiger partial charge in [0, 0.05) is 36.0 Å². The van der Waals surface area contributed by atoms with Gasteiger partial charge in [0.2, 0.25) is 5.91 Å². The number of anilines is 1. The van der Waals surface area contributed by atoms with Crippen LogP contribution in [0.1, 0.15) is 12.8 Å². The monoisotopic (exact) mass is 386 g/mol. The number of amides is 2. The zero-order valence-corrected chi connectivity index (χ0v) is 15.5. The molecule has 0 atom stereocenters. The van der Waals surface area contributed by atoms with Crippen LogP contribution >= 0.6 is 11.3 Å². The maximum absolute atomic E-state index is 12.5. The van der Waals surface area contributed by atoms with E-state index < -0.39 is 0 Å². The van der Waals surface area contributed by atoms with Crippen molar-refractivity contribution in [1.82, 2.24) is 24.8 Å². The fourth-order valence-corrected chi connectivity index (χ4v) is 3.88. The molecule has 10 heteroatoms. The summed E-state index contributed by atoms with van der Waals surface area (Å²) in [4.78, 5) is 41.7. The predicted octanol–water partition coefficient (Wildman–Crippen LogP) is 2.50. The molecule has 0 radical (unpaired) electrons. The Balaban J connectivity index is 1.42. The van der Waals surface area contributed by atoms with E-state index in [1.54, 1.807) is 11.1 Å². The van der Waals surface area contributed by atoms with Gasteiger partial charge in [-0.3, -0.25) is 4.79 Å². The molecular weight excluding hydrogens is 368 g/mol. The van der Waals surface area contributed by atoms with Crippen LogP contribution in [0.5, 0.6) is 0 Å². The molecule has 3 aromatic rings.